The molecular formula is C32H27N3O6. The van der Waals surface area contributed by atoms with Gasteiger partial charge < -0.3 is 14.5 Å². The van der Waals surface area contributed by atoms with E-state index in [0.717, 1.165) is 5.56 Å². The van der Waals surface area contributed by atoms with Crippen molar-refractivity contribution in [1.29, 1.82) is 0 Å². The molecule has 1 aromatic heterocycles. The molecule has 9 nitrogen and oxygen atoms in total. The Kier molecular flexibility index (Phi) is 9.01. The second-order valence-electron chi connectivity index (χ2n) is 8.79. The highest BCUT2D eigenvalue weighted by Crippen LogP contribution is 2.29. The number of rotatable bonds is 7. The summed E-state index contributed by atoms with van der Waals surface area (Å²) in [7, 11) is 2.65. The maximum absolute atomic E-state index is 12.4. The fourth-order valence-corrected chi connectivity index (χ4v) is 4.18. The second kappa shape index (κ2) is 13.0. The largest absolute Gasteiger partial charge is 0.493 e. The van der Waals surface area contributed by atoms with E-state index < -0.39 is 6.09 Å². The Morgan fingerprint density at radius 1 is 0.902 bits per heavy atom. The zero-order valence-electron chi connectivity index (χ0n) is 22.4. The summed E-state index contributed by atoms with van der Waals surface area (Å²) in [5.41, 5.74) is 3.83. The van der Waals surface area contributed by atoms with Gasteiger partial charge in [0.25, 0.3) is 0 Å². The van der Waals surface area contributed by atoms with Crippen molar-refractivity contribution in [2.75, 3.05) is 19.5 Å². The molecule has 1 aliphatic carbocycles. The van der Waals surface area contributed by atoms with Gasteiger partial charge in [0.2, 0.25) is 11.7 Å². The van der Waals surface area contributed by atoms with Crippen molar-refractivity contribution in [1.82, 2.24) is 9.97 Å². The van der Waals surface area contributed by atoms with Gasteiger partial charge in [0.1, 0.15) is 0 Å². The number of hydrogen-bond acceptors (Lipinski definition) is 7. The third-order valence-corrected chi connectivity index (χ3v) is 6.21. The number of allylic oxidation sites excluding steroid dienone is 4. The van der Waals surface area contributed by atoms with Gasteiger partial charge in [-0.2, -0.15) is 0 Å². The molecule has 0 aliphatic heterocycles. The Balaban J connectivity index is 0.000000191. The maximum Gasteiger partial charge on any atom is 0.413 e. The summed E-state index contributed by atoms with van der Waals surface area (Å²) in [6.07, 6.45) is 3.62. The standard InChI is InChI=1S/C16H13N3O3.C16H14O3/c1-22-16(21)19-15-17-12-8-7-11(9-13(12)18-15)14(20)10-5-3-2-4-6-10;1-3-12(11-7-5-4-6-8-11)13-9-15(18)16(19-2)10-14(13)17/h2-9H,1H3,(H2,17,18,19,21);3-10,12H,1H2,2H3. The Morgan fingerprint density at radius 2 is 1.59 bits per heavy atom. The van der Waals surface area contributed by atoms with Crippen LogP contribution >= 0.6 is 0 Å². The molecule has 0 bridgehead atoms. The molecule has 1 aliphatic rings. The number of fused-ring (bicyclic) bond motifs is 1. The highest BCUT2D eigenvalue weighted by atomic mass is 16.5. The summed E-state index contributed by atoms with van der Waals surface area (Å²) in [4.78, 5) is 54.5. The summed E-state index contributed by atoms with van der Waals surface area (Å²) in [6, 6.07) is 23.7. The first-order valence-electron chi connectivity index (χ1n) is 12.5. The first kappa shape index (κ1) is 28.4. The van der Waals surface area contributed by atoms with Crippen LogP contribution in [0.2, 0.25) is 0 Å². The SMILES string of the molecule is C=CC(C1=CC(=O)C(OC)=CC1=O)c1ccccc1.COC(=O)Nc1nc2ccc(C(=O)c3ccccc3)cc2[nH]1. The summed E-state index contributed by atoms with van der Waals surface area (Å²) < 4.78 is 9.37. The van der Waals surface area contributed by atoms with Crippen LogP contribution in [0.25, 0.3) is 11.0 Å². The van der Waals surface area contributed by atoms with E-state index in [-0.39, 0.29) is 35.0 Å². The molecule has 3 aromatic carbocycles. The Hall–Kier alpha value is -5.57. The smallest absolute Gasteiger partial charge is 0.413 e. The molecule has 1 amide bonds. The summed E-state index contributed by atoms with van der Waals surface area (Å²) in [5, 5.41) is 2.45. The van der Waals surface area contributed by atoms with Crippen LogP contribution in [0.5, 0.6) is 0 Å². The number of methoxy groups -OCH3 is 2. The van der Waals surface area contributed by atoms with E-state index in [1.54, 1.807) is 36.4 Å². The number of aromatic nitrogens is 2. The van der Waals surface area contributed by atoms with Crippen LogP contribution < -0.4 is 5.32 Å². The quantitative estimate of drug-likeness (QED) is 0.176. The van der Waals surface area contributed by atoms with Gasteiger partial charge in [-0.05, 0) is 29.8 Å². The number of carbonyl (C=O) groups excluding carboxylic acids is 4. The van der Waals surface area contributed by atoms with Crippen molar-refractivity contribution in [2.45, 2.75) is 5.92 Å². The van der Waals surface area contributed by atoms with E-state index in [4.69, 9.17) is 4.74 Å². The minimum atomic E-state index is -0.611. The number of imidazole rings is 1. The van der Waals surface area contributed by atoms with Crippen LogP contribution in [-0.2, 0) is 19.1 Å². The van der Waals surface area contributed by atoms with Crippen molar-refractivity contribution in [3.05, 3.63) is 132 Å². The molecule has 2 N–H and O–H groups in total. The van der Waals surface area contributed by atoms with Crippen molar-refractivity contribution >= 4 is 40.4 Å². The van der Waals surface area contributed by atoms with Gasteiger partial charge in [-0.25, -0.2) is 9.78 Å². The molecule has 206 valence electrons. The van der Waals surface area contributed by atoms with Gasteiger partial charge in [-0.3, -0.25) is 19.7 Å². The number of carbonyl (C=O) groups is 4. The van der Waals surface area contributed by atoms with Crippen LogP contribution in [0.4, 0.5) is 10.7 Å². The van der Waals surface area contributed by atoms with Crippen molar-refractivity contribution in [3.8, 4) is 0 Å². The molecule has 1 heterocycles. The first-order valence-corrected chi connectivity index (χ1v) is 12.5. The topological polar surface area (TPSA) is 127 Å². The minimum absolute atomic E-state index is 0.0698. The van der Waals surface area contributed by atoms with E-state index >= 15 is 0 Å². The lowest BCUT2D eigenvalue weighted by Crippen LogP contribution is -2.18. The van der Waals surface area contributed by atoms with Gasteiger partial charge in [0.05, 0.1) is 25.3 Å². The number of ether oxygens (including phenoxy) is 2. The molecule has 0 fully saturated rings. The van der Waals surface area contributed by atoms with Crippen molar-refractivity contribution < 1.29 is 28.7 Å². The van der Waals surface area contributed by atoms with E-state index in [1.165, 1.54) is 26.4 Å². The molecule has 41 heavy (non-hydrogen) atoms. The van der Waals surface area contributed by atoms with Crippen LogP contribution in [0, 0.1) is 0 Å². The van der Waals surface area contributed by atoms with Gasteiger partial charge in [-0.15, -0.1) is 6.58 Å². The number of anilines is 1. The van der Waals surface area contributed by atoms with Gasteiger partial charge in [-0.1, -0.05) is 66.7 Å². The van der Waals surface area contributed by atoms with Gasteiger partial charge >= 0.3 is 6.09 Å². The summed E-state index contributed by atoms with van der Waals surface area (Å²) in [5.74, 6) is -0.521. The zero-order chi connectivity index (χ0) is 29.4. The number of nitrogens with zero attached hydrogens (tertiary/aromatic N) is 1. The number of H-pyrrole nitrogens is 1. The lowest BCUT2D eigenvalue weighted by Gasteiger charge is -2.18. The molecule has 5 rings (SSSR count). The van der Waals surface area contributed by atoms with Crippen LogP contribution in [0.1, 0.15) is 27.4 Å². The Labute approximate surface area is 236 Å². The molecule has 0 radical (unpaired) electrons. The third-order valence-electron chi connectivity index (χ3n) is 6.21. The molecular weight excluding hydrogens is 522 g/mol. The molecule has 9 heteroatoms. The fourth-order valence-electron chi connectivity index (χ4n) is 4.18. The number of aromatic amines is 1. The number of nitrogens with one attached hydrogen (secondary N) is 2. The normalized spacial score (nSPS) is 13.2. The number of amides is 1. The summed E-state index contributed by atoms with van der Waals surface area (Å²) >= 11 is 0. The summed E-state index contributed by atoms with van der Waals surface area (Å²) in [6.45, 7) is 3.75. The monoisotopic (exact) mass is 549 g/mol. The molecule has 0 saturated heterocycles. The van der Waals surface area contributed by atoms with E-state index in [2.05, 4.69) is 26.6 Å². The van der Waals surface area contributed by atoms with E-state index in [1.807, 2.05) is 48.5 Å². The van der Waals surface area contributed by atoms with Crippen LogP contribution in [0.3, 0.4) is 0 Å². The highest BCUT2D eigenvalue weighted by molar-refractivity contribution is 6.19. The predicted molar refractivity (Wildman–Crippen MR) is 155 cm³/mol. The first-order chi connectivity index (χ1) is 19.8. The molecule has 4 aromatic rings. The van der Waals surface area contributed by atoms with Crippen molar-refractivity contribution in [3.63, 3.8) is 0 Å². The molecule has 1 unspecified atom stereocenters. The minimum Gasteiger partial charge on any atom is -0.493 e. The second-order valence-corrected chi connectivity index (χ2v) is 8.79. The van der Waals surface area contributed by atoms with Crippen molar-refractivity contribution in [2.24, 2.45) is 0 Å². The highest BCUT2D eigenvalue weighted by Gasteiger charge is 2.26. The molecule has 0 spiro atoms. The lowest BCUT2D eigenvalue weighted by atomic mass is 9.85. The Bertz CT molecular complexity index is 1670. The van der Waals surface area contributed by atoms with Gasteiger partial charge in [0.15, 0.2) is 17.3 Å². The number of hydrogen-bond donors (Lipinski definition) is 2. The Morgan fingerprint density at radius 3 is 2.22 bits per heavy atom. The average molecular weight is 550 g/mol. The van der Waals surface area contributed by atoms with Gasteiger partial charge in [0, 0.05) is 28.7 Å². The van der Waals surface area contributed by atoms with Crippen LogP contribution in [0.15, 0.2) is 115 Å². The fraction of sp³-hybridized carbons (Fsp3) is 0.0938. The van der Waals surface area contributed by atoms with Crippen LogP contribution in [-0.4, -0.2) is 47.6 Å². The lowest BCUT2D eigenvalue weighted by molar-refractivity contribution is -0.117. The van der Waals surface area contributed by atoms with E-state index in [0.29, 0.717) is 27.7 Å². The average Bonchev–Trinajstić information content (AvgIpc) is 3.41. The number of benzene rings is 3. The molecule has 0 saturated carbocycles. The third kappa shape index (κ3) is 6.72. The maximum atomic E-state index is 12.4. The number of ketones is 3. The zero-order valence-corrected chi connectivity index (χ0v) is 22.4. The predicted octanol–water partition coefficient (Wildman–Crippen LogP) is 5.54. The molecule has 1 atom stereocenters. The van der Waals surface area contributed by atoms with E-state index in [9.17, 15) is 19.2 Å².